The van der Waals surface area contributed by atoms with Gasteiger partial charge in [-0.2, -0.15) is 0 Å². The van der Waals surface area contributed by atoms with E-state index in [0.717, 1.165) is 17.9 Å². The van der Waals surface area contributed by atoms with Gasteiger partial charge < -0.3 is 10.0 Å². The topological polar surface area (TPSA) is 40.5 Å². The molecule has 2 atom stereocenters. The zero-order valence-corrected chi connectivity index (χ0v) is 13.6. The van der Waals surface area contributed by atoms with Crippen molar-refractivity contribution in [2.24, 2.45) is 5.92 Å². The van der Waals surface area contributed by atoms with Crippen LogP contribution in [0.15, 0.2) is 47.4 Å². The van der Waals surface area contributed by atoms with Crippen molar-refractivity contribution in [1.29, 1.82) is 0 Å². The maximum atomic E-state index is 12.3. The summed E-state index contributed by atoms with van der Waals surface area (Å²) in [5, 5.41) is 12.0. The molecule has 0 aromatic heterocycles. The third kappa shape index (κ3) is 3.45. The minimum atomic E-state index is -0.328. The molecule has 1 fully saturated rings. The smallest absolute Gasteiger partial charge is 0.232 e. The van der Waals surface area contributed by atoms with E-state index in [1.165, 1.54) is 10.8 Å². The number of fused-ring (bicyclic) bond motifs is 1. The zero-order valence-electron chi connectivity index (χ0n) is 12.7. The number of likely N-dealkylation sites (tertiary alicyclic amines) is 1. The second-order valence-electron chi connectivity index (χ2n) is 5.93. The number of aliphatic hydroxyl groups is 1. The molecule has 1 saturated heterocycles. The number of benzene rings is 2. The van der Waals surface area contributed by atoms with Crippen LogP contribution in [0, 0.1) is 5.92 Å². The van der Waals surface area contributed by atoms with Crippen molar-refractivity contribution in [2.45, 2.75) is 24.3 Å². The Morgan fingerprint density at radius 2 is 2.09 bits per heavy atom. The van der Waals surface area contributed by atoms with Gasteiger partial charge in [0.05, 0.1) is 11.9 Å². The van der Waals surface area contributed by atoms with Crippen molar-refractivity contribution in [3.63, 3.8) is 0 Å². The van der Waals surface area contributed by atoms with Gasteiger partial charge >= 0.3 is 0 Å². The van der Waals surface area contributed by atoms with Gasteiger partial charge in [0.25, 0.3) is 0 Å². The fourth-order valence-electron chi connectivity index (χ4n) is 2.90. The highest BCUT2D eigenvalue weighted by Gasteiger charge is 2.28. The van der Waals surface area contributed by atoms with Crippen LogP contribution in [0.2, 0.25) is 0 Å². The molecular weight excluding hydrogens is 294 g/mol. The summed E-state index contributed by atoms with van der Waals surface area (Å²) in [6.45, 7) is 3.27. The summed E-state index contributed by atoms with van der Waals surface area (Å²) in [5.74, 6) is 0.862. The Labute approximate surface area is 135 Å². The normalized spacial score (nSPS) is 19.5. The minimum absolute atomic E-state index is 0.168. The average Bonchev–Trinajstić information content (AvgIpc) is 3.03. The van der Waals surface area contributed by atoms with E-state index in [1.807, 2.05) is 24.0 Å². The molecule has 0 bridgehead atoms. The Bertz CT molecular complexity index is 671. The SMILES string of the molecule is CC(O)C1CCN(C(=O)CSc2ccc3ccccc3c2)C1. The average molecular weight is 315 g/mol. The number of rotatable bonds is 4. The fourth-order valence-corrected chi connectivity index (χ4v) is 3.75. The van der Waals surface area contributed by atoms with Gasteiger partial charge in [-0.1, -0.05) is 30.3 Å². The van der Waals surface area contributed by atoms with E-state index in [2.05, 4.69) is 30.3 Å². The number of hydrogen-bond acceptors (Lipinski definition) is 3. The molecular formula is C18H21NO2S. The summed E-state index contributed by atoms with van der Waals surface area (Å²) in [5.41, 5.74) is 0. The maximum absolute atomic E-state index is 12.3. The Hall–Kier alpha value is -1.52. The summed E-state index contributed by atoms with van der Waals surface area (Å²) >= 11 is 1.59. The summed E-state index contributed by atoms with van der Waals surface area (Å²) in [7, 11) is 0. The van der Waals surface area contributed by atoms with Crippen LogP contribution in [0.5, 0.6) is 0 Å². The fraction of sp³-hybridized carbons (Fsp3) is 0.389. The molecule has 2 unspecified atom stereocenters. The molecule has 0 radical (unpaired) electrons. The first kappa shape index (κ1) is 15.4. The largest absolute Gasteiger partial charge is 0.393 e. The van der Waals surface area contributed by atoms with E-state index in [4.69, 9.17) is 0 Å². The predicted molar refractivity (Wildman–Crippen MR) is 91.0 cm³/mol. The summed E-state index contributed by atoms with van der Waals surface area (Å²) in [4.78, 5) is 15.3. The van der Waals surface area contributed by atoms with Crippen molar-refractivity contribution in [3.8, 4) is 0 Å². The monoisotopic (exact) mass is 315 g/mol. The van der Waals surface area contributed by atoms with Crippen LogP contribution in [-0.4, -0.2) is 40.9 Å². The lowest BCUT2D eigenvalue weighted by Crippen LogP contribution is -2.31. The molecule has 2 aromatic carbocycles. The van der Waals surface area contributed by atoms with Crippen LogP contribution < -0.4 is 0 Å². The molecule has 0 saturated carbocycles. The molecule has 2 aromatic rings. The van der Waals surface area contributed by atoms with Crippen LogP contribution in [0.4, 0.5) is 0 Å². The highest BCUT2D eigenvalue weighted by Crippen LogP contribution is 2.25. The lowest BCUT2D eigenvalue weighted by atomic mass is 10.0. The molecule has 3 nitrogen and oxygen atoms in total. The van der Waals surface area contributed by atoms with Crippen molar-refractivity contribution < 1.29 is 9.90 Å². The van der Waals surface area contributed by atoms with E-state index in [1.54, 1.807) is 11.8 Å². The minimum Gasteiger partial charge on any atom is -0.393 e. The van der Waals surface area contributed by atoms with Crippen molar-refractivity contribution in [2.75, 3.05) is 18.8 Å². The van der Waals surface area contributed by atoms with E-state index in [9.17, 15) is 9.90 Å². The molecule has 1 amide bonds. The number of carbonyl (C=O) groups is 1. The van der Waals surface area contributed by atoms with Crippen molar-refractivity contribution >= 4 is 28.4 Å². The van der Waals surface area contributed by atoms with Crippen LogP contribution in [-0.2, 0) is 4.79 Å². The highest BCUT2D eigenvalue weighted by atomic mass is 32.2. The van der Waals surface area contributed by atoms with Gasteiger partial charge in [0.2, 0.25) is 5.91 Å². The number of thioether (sulfide) groups is 1. The van der Waals surface area contributed by atoms with Crippen LogP contribution >= 0.6 is 11.8 Å². The number of carbonyl (C=O) groups excluding carboxylic acids is 1. The van der Waals surface area contributed by atoms with Crippen molar-refractivity contribution in [1.82, 2.24) is 4.90 Å². The van der Waals surface area contributed by atoms with Crippen LogP contribution in [0.1, 0.15) is 13.3 Å². The first-order valence-corrected chi connectivity index (χ1v) is 8.69. The predicted octanol–water partition coefficient (Wildman–Crippen LogP) is 3.16. The third-order valence-electron chi connectivity index (χ3n) is 4.34. The number of aliphatic hydroxyl groups excluding tert-OH is 1. The standard InChI is InChI=1S/C18H21NO2S/c1-13(20)16-8-9-19(11-16)18(21)12-22-17-7-6-14-4-2-3-5-15(14)10-17/h2-7,10,13,16,20H,8-9,11-12H2,1H3. The number of nitrogens with zero attached hydrogens (tertiary/aromatic N) is 1. The molecule has 4 heteroatoms. The second-order valence-corrected chi connectivity index (χ2v) is 6.98. The van der Waals surface area contributed by atoms with E-state index >= 15 is 0 Å². The molecule has 0 aliphatic carbocycles. The molecule has 1 aliphatic heterocycles. The highest BCUT2D eigenvalue weighted by molar-refractivity contribution is 8.00. The summed E-state index contributed by atoms with van der Waals surface area (Å²) in [6, 6.07) is 14.6. The zero-order chi connectivity index (χ0) is 15.5. The molecule has 1 heterocycles. The third-order valence-corrected chi connectivity index (χ3v) is 5.32. The van der Waals surface area contributed by atoms with Crippen LogP contribution in [0.25, 0.3) is 10.8 Å². The lowest BCUT2D eigenvalue weighted by Gasteiger charge is -2.17. The Kier molecular flexibility index (Phi) is 4.69. The first-order chi connectivity index (χ1) is 10.6. The lowest BCUT2D eigenvalue weighted by molar-refractivity contribution is -0.127. The van der Waals surface area contributed by atoms with E-state index in [-0.39, 0.29) is 17.9 Å². The molecule has 3 rings (SSSR count). The summed E-state index contributed by atoms with van der Waals surface area (Å²) < 4.78 is 0. The van der Waals surface area contributed by atoms with E-state index in [0.29, 0.717) is 12.3 Å². The Morgan fingerprint density at radius 3 is 2.82 bits per heavy atom. The van der Waals surface area contributed by atoms with Gasteiger partial charge in [0.15, 0.2) is 0 Å². The van der Waals surface area contributed by atoms with Gasteiger partial charge in [-0.25, -0.2) is 0 Å². The van der Waals surface area contributed by atoms with E-state index < -0.39 is 0 Å². The molecule has 22 heavy (non-hydrogen) atoms. The number of hydrogen-bond donors (Lipinski definition) is 1. The van der Waals surface area contributed by atoms with Gasteiger partial charge in [0.1, 0.15) is 0 Å². The van der Waals surface area contributed by atoms with Crippen LogP contribution in [0.3, 0.4) is 0 Å². The Morgan fingerprint density at radius 1 is 1.32 bits per heavy atom. The van der Waals surface area contributed by atoms with Crippen molar-refractivity contribution in [3.05, 3.63) is 42.5 Å². The Balaban J connectivity index is 1.58. The van der Waals surface area contributed by atoms with Gasteiger partial charge in [-0.05, 0) is 36.2 Å². The van der Waals surface area contributed by atoms with Gasteiger partial charge in [0, 0.05) is 23.9 Å². The molecule has 1 N–H and O–H groups in total. The number of amides is 1. The molecule has 116 valence electrons. The summed E-state index contributed by atoms with van der Waals surface area (Å²) in [6.07, 6.45) is 0.579. The van der Waals surface area contributed by atoms with Gasteiger partial charge in [-0.3, -0.25) is 4.79 Å². The quantitative estimate of drug-likeness (QED) is 0.881. The molecule has 0 spiro atoms. The second kappa shape index (κ2) is 6.71. The first-order valence-electron chi connectivity index (χ1n) is 7.71. The van der Waals surface area contributed by atoms with Gasteiger partial charge in [-0.15, -0.1) is 11.8 Å². The maximum Gasteiger partial charge on any atom is 0.232 e. The molecule has 1 aliphatic rings.